The molecule has 0 aliphatic heterocycles. The summed E-state index contributed by atoms with van der Waals surface area (Å²) in [4.78, 5) is 0. The third-order valence-corrected chi connectivity index (χ3v) is 1.92. The predicted molar refractivity (Wildman–Crippen MR) is 46.8 cm³/mol. The summed E-state index contributed by atoms with van der Waals surface area (Å²) in [5.41, 5.74) is 6.47. The molecule has 0 aliphatic rings. The molecule has 0 spiro atoms. The zero-order chi connectivity index (χ0) is 9.42. The van der Waals surface area contributed by atoms with Crippen molar-refractivity contribution < 1.29 is 8.78 Å². The Labute approximate surface area is 73.6 Å². The molecule has 4 heteroatoms. The summed E-state index contributed by atoms with van der Waals surface area (Å²) < 4.78 is 26.5. The Morgan fingerprint density at radius 1 is 1.38 bits per heavy atom. The van der Waals surface area contributed by atoms with Gasteiger partial charge in [-0.25, -0.2) is 8.78 Å². The first kappa shape index (κ1) is 8.04. The molecule has 2 nitrogen and oxygen atoms in total. The van der Waals surface area contributed by atoms with Crippen molar-refractivity contribution in [3.63, 3.8) is 0 Å². The van der Waals surface area contributed by atoms with Crippen molar-refractivity contribution in [2.24, 2.45) is 0 Å². The molecular formula is C9H8F2N2. The van der Waals surface area contributed by atoms with Gasteiger partial charge in [0, 0.05) is 18.0 Å². The summed E-state index contributed by atoms with van der Waals surface area (Å²) >= 11 is 0. The van der Waals surface area contributed by atoms with Gasteiger partial charge in [-0.15, -0.1) is 0 Å². The van der Waals surface area contributed by atoms with Crippen LogP contribution in [0.1, 0.15) is 12.0 Å². The molecule has 2 rings (SSSR count). The highest BCUT2D eigenvalue weighted by Gasteiger charge is 2.11. The van der Waals surface area contributed by atoms with E-state index < -0.39 is 6.43 Å². The number of alkyl halides is 2. The van der Waals surface area contributed by atoms with Gasteiger partial charge < -0.3 is 10.1 Å². The molecule has 0 saturated carbocycles. The lowest BCUT2D eigenvalue weighted by atomic mass is 10.2. The first-order valence-electron chi connectivity index (χ1n) is 3.83. The van der Waals surface area contributed by atoms with Crippen molar-refractivity contribution >= 4 is 11.2 Å². The van der Waals surface area contributed by atoms with E-state index in [4.69, 9.17) is 5.73 Å². The van der Waals surface area contributed by atoms with Gasteiger partial charge in [-0.3, -0.25) is 0 Å². The highest BCUT2D eigenvalue weighted by atomic mass is 19.3. The number of aromatic nitrogens is 1. The highest BCUT2D eigenvalue weighted by molar-refractivity contribution is 5.63. The molecule has 0 fully saturated rings. The Bertz CT molecular complexity index is 434. The molecule has 68 valence electrons. The van der Waals surface area contributed by atoms with Crippen LogP contribution in [0, 0.1) is 0 Å². The molecule has 0 amide bonds. The summed E-state index contributed by atoms with van der Waals surface area (Å²) in [5.74, 6) is 0. The van der Waals surface area contributed by atoms with Crippen molar-refractivity contribution in [1.82, 2.24) is 4.40 Å². The quantitative estimate of drug-likeness (QED) is 0.721. The van der Waals surface area contributed by atoms with Gasteiger partial charge in [0.2, 0.25) is 0 Å². The summed E-state index contributed by atoms with van der Waals surface area (Å²) in [6, 6.07) is 4.52. The van der Waals surface area contributed by atoms with E-state index >= 15 is 0 Å². The smallest absolute Gasteiger partial charge is 0.265 e. The average molecular weight is 182 g/mol. The Balaban J connectivity index is 2.75. The minimum absolute atomic E-state index is 0.0131. The SMILES string of the molecule is Nc1cc2c(C(F)F)cccn2c1. The highest BCUT2D eigenvalue weighted by Crippen LogP contribution is 2.25. The normalized spacial score (nSPS) is 11.3. The molecule has 0 aliphatic carbocycles. The number of nitrogens with zero attached hydrogens (tertiary/aromatic N) is 1. The fraction of sp³-hybridized carbons (Fsp3) is 0.111. The number of nitrogens with two attached hydrogens (primary N) is 1. The van der Waals surface area contributed by atoms with E-state index in [1.165, 1.54) is 6.07 Å². The van der Waals surface area contributed by atoms with Crippen LogP contribution in [-0.2, 0) is 0 Å². The molecule has 13 heavy (non-hydrogen) atoms. The molecule has 0 unspecified atom stereocenters. The monoisotopic (exact) mass is 182 g/mol. The molecule has 2 aromatic heterocycles. The largest absolute Gasteiger partial charge is 0.397 e. The predicted octanol–water partition coefficient (Wildman–Crippen LogP) is 2.46. The van der Waals surface area contributed by atoms with Crippen LogP contribution < -0.4 is 5.73 Å². The van der Waals surface area contributed by atoms with Gasteiger partial charge in [0.1, 0.15) is 0 Å². The van der Waals surface area contributed by atoms with E-state index in [-0.39, 0.29) is 5.56 Å². The van der Waals surface area contributed by atoms with Crippen molar-refractivity contribution in [3.05, 3.63) is 36.2 Å². The third-order valence-electron chi connectivity index (χ3n) is 1.92. The second kappa shape index (κ2) is 2.73. The van der Waals surface area contributed by atoms with Crippen LogP contribution in [0.4, 0.5) is 14.5 Å². The van der Waals surface area contributed by atoms with E-state index in [1.54, 1.807) is 28.9 Å². The molecule has 2 N–H and O–H groups in total. The van der Waals surface area contributed by atoms with Crippen molar-refractivity contribution in [2.45, 2.75) is 6.43 Å². The van der Waals surface area contributed by atoms with Gasteiger partial charge in [-0.05, 0) is 18.2 Å². The topological polar surface area (TPSA) is 30.4 Å². The van der Waals surface area contributed by atoms with E-state index in [0.717, 1.165) is 0 Å². The molecule has 2 aromatic rings. The second-order valence-electron chi connectivity index (χ2n) is 2.83. The van der Waals surface area contributed by atoms with Crippen molar-refractivity contribution in [1.29, 1.82) is 0 Å². The van der Waals surface area contributed by atoms with Crippen LogP contribution in [0.3, 0.4) is 0 Å². The fourth-order valence-corrected chi connectivity index (χ4v) is 1.36. The number of hydrogen-bond acceptors (Lipinski definition) is 1. The van der Waals surface area contributed by atoms with Crippen LogP contribution in [0.2, 0.25) is 0 Å². The number of fused-ring (bicyclic) bond motifs is 1. The van der Waals surface area contributed by atoms with Gasteiger partial charge in [-0.2, -0.15) is 0 Å². The summed E-state index contributed by atoms with van der Waals surface area (Å²) in [6.07, 6.45) is 0.844. The van der Waals surface area contributed by atoms with E-state index in [2.05, 4.69) is 0 Å². The molecule has 2 heterocycles. The minimum Gasteiger partial charge on any atom is -0.397 e. The molecule has 0 saturated heterocycles. The van der Waals surface area contributed by atoms with Gasteiger partial charge in [0.15, 0.2) is 0 Å². The van der Waals surface area contributed by atoms with E-state index in [9.17, 15) is 8.78 Å². The van der Waals surface area contributed by atoms with Crippen LogP contribution >= 0.6 is 0 Å². The number of anilines is 1. The number of halogens is 2. The average Bonchev–Trinajstić information content (AvgIpc) is 2.43. The zero-order valence-electron chi connectivity index (χ0n) is 6.74. The van der Waals surface area contributed by atoms with Crippen LogP contribution in [0.5, 0.6) is 0 Å². The van der Waals surface area contributed by atoms with Crippen LogP contribution in [-0.4, -0.2) is 4.40 Å². The van der Waals surface area contributed by atoms with Gasteiger partial charge in [0.05, 0.1) is 11.2 Å². The maximum Gasteiger partial charge on any atom is 0.265 e. The summed E-state index contributed by atoms with van der Waals surface area (Å²) in [7, 11) is 0. The molecule has 0 radical (unpaired) electrons. The lowest BCUT2D eigenvalue weighted by Crippen LogP contribution is -1.89. The van der Waals surface area contributed by atoms with Gasteiger partial charge >= 0.3 is 0 Å². The zero-order valence-corrected chi connectivity index (χ0v) is 6.74. The maximum atomic E-state index is 12.5. The molecule has 0 atom stereocenters. The van der Waals surface area contributed by atoms with Gasteiger partial charge in [0.25, 0.3) is 6.43 Å². The molecule has 0 bridgehead atoms. The van der Waals surface area contributed by atoms with Gasteiger partial charge in [-0.1, -0.05) is 0 Å². The second-order valence-corrected chi connectivity index (χ2v) is 2.83. The van der Waals surface area contributed by atoms with Crippen LogP contribution in [0.25, 0.3) is 5.52 Å². The maximum absolute atomic E-state index is 12.5. The summed E-state index contributed by atoms with van der Waals surface area (Å²) in [5, 5.41) is 0. The first-order chi connectivity index (χ1) is 6.18. The molecule has 0 aromatic carbocycles. The summed E-state index contributed by atoms with van der Waals surface area (Å²) in [6.45, 7) is 0. The third kappa shape index (κ3) is 1.24. The number of pyridine rings is 1. The lowest BCUT2D eigenvalue weighted by Gasteiger charge is -2.01. The standard InChI is InChI=1S/C9H8F2N2/c10-9(11)7-2-1-3-13-5-6(12)4-8(7)13/h1-5,9H,12H2. The Morgan fingerprint density at radius 3 is 2.85 bits per heavy atom. The fourth-order valence-electron chi connectivity index (χ4n) is 1.36. The number of rotatable bonds is 1. The Kier molecular flexibility index (Phi) is 1.69. The Morgan fingerprint density at radius 2 is 2.15 bits per heavy atom. The minimum atomic E-state index is -2.46. The van der Waals surface area contributed by atoms with E-state index in [0.29, 0.717) is 11.2 Å². The number of nitrogen functional groups attached to an aromatic ring is 1. The Hall–Kier alpha value is -1.58. The molecular weight excluding hydrogens is 174 g/mol. The van der Waals surface area contributed by atoms with Crippen molar-refractivity contribution in [3.8, 4) is 0 Å². The van der Waals surface area contributed by atoms with Crippen molar-refractivity contribution in [2.75, 3.05) is 5.73 Å². The lowest BCUT2D eigenvalue weighted by molar-refractivity contribution is 0.152. The van der Waals surface area contributed by atoms with E-state index in [1.807, 2.05) is 0 Å². The first-order valence-corrected chi connectivity index (χ1v) is 3.83. The van der Waals surface area contributed by atoms with Crippen LogP contribution in [0.15, 0.2) is 30.6 Å². The number of hydrogen-bond donors (Lipinski definition) is 1.